The maximum atomic E-state index is 6.35. The highest BCUT2D eigenvalue weighted by Crippen LogP contribution is 2.28. The molecule has 0 aliphatic heterocycles. The van der Waals surface area contributed by atoms with E-state index in [0.717, 1.165) is 29.3 Å². The second-order valence-corrected chi connectivity index (χ2v) is 7.64. The van der Waals surface area contributed by atoms with Crippen LogP contribution in [0.3, 0.4) is 0 Å². The molecular formula is C16H30ClN3. The van der Waals surface area contributed by atoms with E-state index in [-0.39, 0.29) is 0 Å². The molecule has 0 spiro atoms. The van der Waals surface area contributed by atoms with Gasteiger partial charge in [0, 0.05) is 19.5 Å². The number of aromatic nitrogens is 2. The summed E-state index contributed by atoms with van der Waals surface area (Å²) >= 11 is 6.35. The summed E-state index contributed by atoms with van der Waals surface area (Å²) in [4.78, 5) is 0. The van der Waals surface area contributed by atoms with Crippen molar-refractivity contribution in [2.75, 3.05) is 7.05 Å². The molecule has 4 heteroatoms. The second kappa shape index (κ2) is 6.95. The Kier molecular flexibility index (Phi) is 6.08. The van der Waals surface area contributed by atoms with Crippen molar-refractivity contribution in [3.05, 3.63) is 16.4 Å². The number of nitrogens with zero attached hydrogens (tertiary/aromatic N) is 2. The Balaban J connectivity index is 2.68. The fourth-order valence-corrected chi connectivity index (χ4v) is 3.29. The molecule has 0 saturated carbocycles. The monoisotopic (exact) mass is 299 g/mol. The fourth-order valence-electron chi connectivity index (χ4n) is 3.05. The number of likely N-dealkylation sites (N-methyl/N-ethyl adjacent to an activating group) is 1. The first-order valence-corrected chi connectivity index (χ1v) is 7.87. The van der Waals surface area contributed by atoms with Crippen molar-refractivity contribution in [2.45, 2.75) is 59.9 Å². The van der Waals surface area contributed by atoms with E-state index in [1.807, 2.05) is 25.7 Å². The number of rotatable bonds is 6. The predicted molar refractivity (Wildman–Crippen MR) is 87.4 cm³/mol. The molecule has 0 saturated heterocycles. The summed E-state index contributed by atoms with van der Waals surface area (Å²) in [5.74, 6) is 0.695. The summed E-state index contributed by atoms with van der Waals surface area (Å²) in [6, 6.07) is 0.444. The van der Waals surface area contributed by atoms with Crippen LogP contribution in [0.5, 0.6) is 0 Å². The topological polar surface area (TPSA) is 29.9 Å². The average molecular weight is 300 g/mol. The zero-order valence-electron chi connectivity index (χ0n) is 14.0. The molecule has 20 heavy (non-hydrogen) atoms. The molecule has 3 nitrogen and oxygen atoms in total. The quantitative estimate of drug-likeness (QED) is 0.861. The van der Waals surface area contributed by atoms with E-state index in [2.05, 4.69) is 38.1 Å². The number of nitrogens with one attached hydrogen (secondary N) is 1. The molecule has 0 amide bonds. The van der Waals surface area contributed by atoms with Crippen LogP contribution in [0.1, 0.15) is 51.9 Å². The van der Waals surface area contributed by atoms with Crippen molar-refractivity contribution in [3.63, 3.8) is 0 Å². The summed E-state index contributed by atoms with van der Waals surface area (Å²) < 4.78 is 1.91. The molecule has 2 unspecified atom stereocenters. The van der Waals surface area contributed by atoms with Gasteiger partial charge in [-0.2, -0.15) is 5.10 Å². The maximum absolute atomic E-state index is 6.35. The summed E-state index contributed by atoms with van der Waals surface area (Å²) in [5.41, 5.74) is 2.44. The molecule has 0 aliphatic carbocycles. The van der Waals surface area contributed by atoms with Crippen LogP contribution in [0.25, 0.3) is 0 Å². The fraction of sp³-hybridized carbons (Fsp3) is 0.812. The Morgan fingerprint density at radius 3 is 2.35 bits per heavy atom. The second-order valence-electron chi connectivity index (χ2n) is 7.27. The lowest BCUT2D eigenvalue weighted by molar-refractivity contribution is 0.276. The van der Waals surface area contributed by atoms with Crippen LogP contribution in [0.4, 0.5) is 0 Å². The third-order valence-electron chi connectivity index (χ3n) is 3.76. The van der Waals surface area contributed by atoms with E-state index in [1.54, 1.807) is 0 Å². The van der Waals surface area contributed by atoms with Crippen LogP contribution in [-0.4, -0.2) is 22.9 Å². The maximum Gasteiger partial charge on any atom is 0.0847 e. The minimum atomic E-state index is 0.387. The normalized spacial score (nSPS) is 15.4. The first kappa shape index (κ1) is 17.5. The molecule has 0 bridgehead atoms. The van der Waals surface area contributed by atoms with E-state index in [4.69, 9.17) is 11.6 Å². The van der Waals surface area contributed by atoms with E-state index in [1.165, 1.54) is 6.42 Å². The first-order chi connectivity index (χ1) is 9.14. The third kappa shape index (κ3) is 5.10. The zero-order valence-corrected chi connectivity index (χ0v) is 14.8. The molecule has 1 heterocycles. The molecule has 116 valence electrons. The molecule has 0 radical (unpaired) electrons. The average Bonchev–Trinajstić information content (AvgIpc) is 2.52. The van der Waals surface area contributed by atoms with Crippen molar-refractivity contribution < 1.29 is 0 Å². The van der Waals surface area contributed by atoms with Gasteiger partial charge in [-0.3, -0.25) is 4.68 Å². The first-order valence-electron chi connectivity index (χ1n) is 7.49. The van der Waals surface area contributed by atoms with E-state index in [9.17, 15) is 0 Å². The van der Waals surface area contributed by atoms with Gasteiger partial charge in [0.2, 0.25) is 0 Å². The van der Waals surface area contributed by atoms with Crippen LogP contribution in [0, 0.1) is 18.3 Å². The Bertz CT molecular complexity index is 432. The van der Waals surface area contributed by atoms with Gasteiger partial charge in [0.05, 0.1) is 16.4 Å². The zero-order chi connectivity index (χ0) is 15.5. The third-order valence-corrected chi connectivity index (χ3v) is 4.25. The van der Waals surface area contributed by atoms with Crippen LogP contribution in [-0.2, 0) is 13.5 Å². The lowest BCUT2D eigenvalue weighted by Gasteiger charge is -2.26. The number of hydrogen-bond donors (Lipinski definition) is 1. The van der Waals surface area contributed by atoms with Gasteiger partial charge in [-0.25, -0.2) is 0 Å². The van der Waals surface area contributed by atoms with Crippen molar-refractivity contribution in [3.8, 4) is 0 Å². The van der Waals surface area contributed by atoms with Crippen molar-refractivity contribution in [1.82, 2.24) is 15.1 Å². The Labute approximate surface area is 129 Å². The van der Waals surface area contributed by atoms with Crippen LogP contribution in [0.2, 0.25) is 5.02 Å². The lowest BCUT2D eigenvalue weighted by atomic mass is 9.82. The van der Waals surface area contributed by atoms with E-state index < -0.39 is 0 Å². The Morgan fingerprint density at radius 2 is 1.95 bits per heavy atom. The predicted octanol–water partition coefficient (Wildman–Crippen LogP) is 3.97. The van der Waals surface area contributed by atoms with Gasteiger partial charge < -0.3 is 5.32 Å². The number of aryl methyl sites for hydroxylation is 2. The van der Waals surface area contributed by atoms with Crippen LogP contribution < -0.4 is 5.32 Å². The summed E-state index contributed by atoms with van der Waals surface area (Å²) in [6.45, 7) is 11.2. The van der Waals surface area contributed by atoms with Gasteiger partial charge in [0.1, 0.15) is 0 Å². The van der Waals surface area contributed by atoms with Crippen molar-refractivity contribution in [2.24, 2.45) is 18.4 Å². The smallest absolute Gasteiger partial charge is 0.0847 e. The van der Waals surface area contributed by atoms with Gasteiger partial charge in [-0.15, -0.1) is 0 Å². The Hall–Kier alpha value is -0.540. The highest BCUT2D eigenvalue weighted by Gasteiger charge is 2.21. The SMILES string of the molecule is CNC(Cc1c(Cl)c(C)nn1C)CC(C)CC(C)(C)C. The van der Waals surface area contributed by atoms with E-state index in [0.29, 0.717) is 17.4 Å². The van der Waals surface area contributed by atoms with Gasteiger partial charge >= 0.3 is 0 Å². The molecule has 0 aliphatic rings. The molecule has 0 fully saturated rings. The summed E-state index contributed by atoms with van der Waals surface area (Å²) in [6.07, 6.45) is 3.33. The van der Waals surface area contributed by atoms with Gasteiger partial charge in [0.25, 0.3) is 0 Å². The summed E-state index contributed by atoms with van der Waals surface area (Å²) in [5, 5.41) is 8.64. The highest BCUT2D eigenvalue weighted by atomic mass is 35.5. The largest absolute Gasteiger partial charge is 0.317 e. The lowest BCUT2D eigenvalue weighted by Crippen LogP contribution is -2.31. The molecule has 1 aromatic heterocycles. The molecule has 1 rings (SSSR count). The number of hydrogen-bond acceptors (Lipinski definition) is 2. The van der Waals surface area contributed by atoms with Gasteiger partial charge in [-0.05, 0) is 38.1 Å². The number of halogens is 1. The molecule has 1 aromatic rings. The summed E-state index contributed by atoms with van der Waals surface area (Å²) in [7, 11) is 4.01. The van der Waals surface area contributed by atoms with Crippen molar-refractivity contribution in [1.29, 1.82) is 0 Å². The van der Waals surface area contributed by atoms with Gasteiger partial charge in [0.15, 0.2) is 0 Å². The van der Waals surface area contributed by atoms with Crippen molar-refractivity contribution >= 4 is 11.6 Å². The van der Waals surface area contributed by atoms with Crippen LogP contribution >= 0.6 is 11.6 Å². The molecular weight excluding hydrogens is 270 g/mol. The van der Waals surface area contributed by atoms with Gasteiger partial charge in [-0.1, -0.05) is 39.3 Å². The highest BCUT2D eigenvalue weighted by molar-refractivity contribution is 6.31. The van der Waals surface area contributed by atoms with Crippen LogP contribution in [0.15, 0.2) is 0 Å². The minimum Gasteiger partial charge on any atom is -0.317 e. The Morgan fingerprint density at radius 1 is 1.35 bits per heavy atom. The molecule has 1 N–H and O–H groups in total. The standard InChI is InChI=1S/C16H30ClN3/c1-11(10-16(3,4)5)8-13(18-6)9-14-15(17)12(2)19-20(14)7/h11,13,18H,8-10H2,1-7H3. The molecule has 2 atom stereocenters. The molecule has 0 aromatic carbocycles. The minimum absolute atomic E-state index is 0.387. The van der Waals surface area contributed by atoms with E-state index >= 15 is 0 Å².